The van der Waals surface area contributed by atoms with E-state index < -0.39 is 17.5 Å². The van der Waals surface area contributed by atoms with Crippen LogP contribution in [0.25, 0.3) is 0 Å². The van der Waals surface area contributed by atoms with Gasteiger partial charge in [0.15, 0.2) is 11.6 Å². The molecule has 0 fully saturated rings. The predicted molar refractivity (Wildman–Crippen MR) is 100 cm³/mol. The molecule has 0 aliphatic heterocycles. The van der Waals surface area contributed by atoms with Gasteiger partial charge in [-0.1, -0.05) is 29.8 Å². The van der Waals surface area contributed by atoms with E-state index in [1.54, 1.807) is 48.5 Å². The van der Waals surface area contributed by atoms with Crippen LogP contribution in [0.1, 0.15) is 20.7 Å². The number of benzene rings is 3. The Kier molecular flexibility index (Phi) is 5.47. The average molecular weight is 387 g/mol. The van der Waals surface area contributed by atoms with Gasteiger partial charge < -0.3 is 10.6 Å². The fraction of sp³-hybridized carbons (Fsp3) is 0. The van der Waals surface area contributed by atoms with Crippen molar-refractivity contribution in [1.82, 2.24) is 0 Å². The van der Waals surface area contributed by atoms with E-state index in [4.69, 9.17) is 11.6 Å². The van der Waals surface area contributed by atoms with Gasteiger partial charge in [0.1, 0.15) is 0 Å². The topological polar surface area (TPSA) is 58.2 Å². The second-order valence-electron chi connectivity index (χ2n) is 5.60. The van der Waals surface area contributed by atoms with Crippen LogP contribution in [0.5, 0.6) is 0 Å². The zero-order valence-electron chi connectivity index (χ0n) is 13.8. The van der Waals surface area contributed by atoms with Gasteiger partial charge in [0, 0.05) is 16.9 Å². The zero-order valence-corrected chi connectivity index (χ0v) is 14.6. The average Bonchev–Trinajstić information content (AvgIpc) is 2.67. The number of amides is 2. The molecule has 2 N–H and O–H groups in total. The Bertz CT molecular complexity index is 993. The number of hydrogen-bond donors (Lipinski definition) is 2. The standard InChI is InChI=1S/C20H13ClF2N2O2/c21-16-11-18(23)17(22)10-15(16)20(27)25-14-8-6-13(7-9-14)24-19(26)12-4-2-1-3-5-12/h1-11H,(H,24,26)(H,25,27). The molecule has 3 aromatic carbocycles. The molecule has 0 spiro atoms. The number of anilines is 2. The summed E-state index contributed by atoms with van der Waals surface area (Å²) in [4.78, 5) is 24.3. The van der Waals surface area contributed by atoms with Crippen LogP contribution in [0, 0.1) is 11.6 Å². The van der Waals surface area contributed by atoms with E-state index in [9.17, 15) is 18.4 Å². The monoisotopic (exact) mass is 386 g/mol. The lowest BCUT2D eigenvalue weighted by Crippen LogP contribution is -2.14. The van der Waals surface area contributed by atoms with Crippen LogP contribution in [0.4, 0.5) is 20.2 Å². The van der Waals surface area contributed by atoms with Crippen molar-refractivity contribution >= 4 is 34.8 Å². The van der Waals surface area contributed by atoms with Crippen LogP contribution in [0.15, 0.2) is 66.7 Å². The maximum atomic E-state index is 13.3. The minimum Gasteiger partial charge on any atom is -0.322 e. The Balaban J connectivity index is 1.68. The molecule has 3 aromatic rings. The van der Waals surface area contributed by atoms with Gasteiger partial charge in [-0.15, -0.1) is 0 Å². The van der Waals surface area contributed by atoms with E-state index in [-0.39, 0.29) is 16.5 Å². The fourth-order valence-corrected chi connectivity index (χ4v) is 2.56. The summed E-state index contributed by atoms with van der Waals surface area (Å²) in [7, 11) is 0. The Morgan fingerprint density at radius 1 is 0.741 bits per heavy atom. The minimum atomic E-state index is -1.16. The summed E-state index contributed by atoms with van der Waals surface area (Å²) in [6, 6.07) is 16.5. The molecule has 0 radical (unpaired) electrons. The smallest absolute Gasteiger partial charge is 0.257 e. The van der Waals surface area contributed by atoms with Crippen molar-refractivity contribution in [2.24, 2.45) is 0 Å². The first-order valence-corrected chi connectivity index (χ1v) is 8.24. The van der Waals surface area contributed by atoms with Crippen LogP contribution in [-0.2, 0) is 0 Å². The van der Waals surface area contributed by atoms with E-state index in [0.29, 0.717) is 16.9 Å². The normalized spacial score (nSPS) is 10.3. The van der Waals surface area contributed by atoms with Gasteiger partial charge in [-0.2, -0.15) is 0 Å². The summed E-state index contributed by atoms with van der Waals surface area (Å²) in [6.07, 6.45) is 0. The molecule has 4 nitrogen and oxygen atoms in total. The molecule has 2 amide bonds. The van der Waals surface area contributed by atoms with Crippen LogP contribution in [0.3, 0.4) is 0 Å². The molecule has 7 heteroatoms. The van der Waals surface area contributed by atoms with Crippen molar-refractivity contribution in [1.29, 1.82) is 0 Å². The lowest BCUT2D eigenvalue weighted by Gasteiger charge is -2.09. The molecule has 0 heterocycles. The fourth-order valence-electron chi connectivity index (χ4n) is 2.32. The summed E-state index contributed by atoms with van der Waals surface area (Å²) >= 11 is 5.79. The third-order valence-electron chi connectivity index (χ3n) is 3.69. The zero-order chi connectivity index (χ0) is 19.4. The molecule has 0 aliphatic rings. The number of halogens is 3. The third kappa shape index (κ3) is 4.48. The molecule has 0 saturated heterocycles. The van der Waals surface area contributed by atoms with E-state index >= 15 is 0 Å². The summed E-state index contributed by atoms with van der Waals surface area (Å²) in [5, 5.41) is 5.07. The molecular formula is C20H13ClF2N2O2. The Labute approximate surface area is 158 Å². The molecule has 0 aliphatic carbocycles. The van der Waals surface area contributed by atoms with E-state index in [1.807, 2.05) is 6.07 Å². The number of nitrogens with one attached hydrogen (secondary N) is 2. The lowest BCUT2D eigenvalue weighted by atomic mass is 10.2. The van der Waals surface area contributed by atoms with Crippen LogP contribution >= 0.6 is 11.6 Å². The van der Waals surface area contributed by atoms with Gasteiger partial charge in [-0.3, -0.25) is 9.59 Å². The van der Waals surface area contributed by atoms with Crippen molar-refractivity contribution in [3.63, 3.8) is 0 Å². The summed E-state index contributed by atoms with van der Waals surface area (Å²) < 4.78 is 26.4. The number of carbonyl (C=O) groups is 2. The lowest BCUT2D eigenvalue weighted by molar-refractivity contribution is 0.101. The van der Waals surface area contributed by atoms with Gasteiger partial charge in [0.05, 0.1) is 10.6 Å². The molecule has 27 heavy (non-hydrogen) atoms. The van der Waals surface area contributed by atoms with E-state index in [1.165, 1.54) is 0 Å². The number of carbonyl (C=O) groups excluding carboxylic acids is 2. The van der Waals surface area contributed by atoms with Gasteiger partial charge in [0.25, 0.3) is 11.8 Å². The number of hydrogen-bond acceptors (Lipinski definition) is 2. The summed E-state index contributed by atoms with van der Waals surface area (Å²) in [5.41, 5.74) is 1.27. The minimum absolute atomic E-state index is 0.183. The van der Waals surface area contributed by atoms with Gasteiger partial charge in [-0.25, -0.2) is 8.78 Å². The Morgan fingerprint density at radius 3 is 1.85 bits per heavy atom. The van der Waals surface area contributed by atoms with Crippen molar-refractivity contribution in [3.8, 4) is 0 Å². The second-order valence-corrected chi connectivity index (χ2v) is 6.00. The van der Waals surface area contributed by atoms with Gasteiger partial charge in [-0.05, 0) is 48.5 Å². The van der Waals surface area contributed by atoms with Crippen LogP contribution in [-0.4, -0.2) is 11.8 Å². The maximum Gasteiger partial charge on any atom is 0.257 e. The summed E-state index contributed by atoms with van der Waals surface area (Å²) in [6.45, 7) is 0. The van der Waals surface area contributed by atoms with E-state index in [2.05, 4.69) is 10.6 Å². The highest BCUT2D eigenvalue weighted by Gasteiger charge is 2.15. The molecule has 136 valence electrons. The molecule has 3 rings (SSSR count). The Morgan fingerprint density at radius 2 is 1.26 bits per heavy atom. The highest BCUT2D eigenvalue weighted by molar-refractivity contribution is 6.34. The molecule has 0 atom stereocenters. The maximum absolute atomic E-state index is 13.3. The van der Waals surface area contributed by atoms with Crippen molar-refractivity contribution in [2.45, 2.75) is 0 Å². The van der Waals surface area contributed by atoms with Crippen molar-refractivity contribution < 1.29 is 18.4 Å². The van der Waals surface area contributed by atoms with Crippen molar-refractivity contribution in [2.75, 3.05) is 10.6 Å². The summed E-state index contributed by atoms with van der Waals surface area (Å²) in [5.74, 6) is -3.24. The molecular weight excluding hydrogens is 374 g/mol. The quantitative estimate of drug-likeness (QED) is 0.611. The molecule has 0 aromatic heterocycles. The molecule has 0 unspecified atom stereocenters. The largest absolute Gasteiger partial charge is 0.322 e. The van der Waals surface area contributed by atoms with E-state index in [0.717, 1.165) is 12.1 Å². The first kappa shape index (κ1) is 18.5. The van der Waals surface area contributed by atoms with Crippen molar-refractivity contribution in [3.05, 3.63) is 94.5 Å². The molecule has 0 saturated carbocycles. The highest BCUT2D eigenvalue weighted by Crippen LogP contribution is 2.22. The first-order valence-electron chi connectivity index (χ1n) is 7.86. The number of rotatable bonds is 4. The highest BCUT2D eigenvalue weighted by atomic mass is 35.5. The van der Waals surface area contributed by atoms with Gasteiger partial charge in [0.2, 0.25) is 0 Å². The molecule has 0 bridgehead atoms. The third-order valence-corrected chi connectivity index (χ3v) is 4.00. The SMILES string of the molecule is O=C(Nc1ccc(NC(=O)c2cc(F)c(F)cc2Cl)cc1)c1ccccc1. The van der Waals surface area contributed by atoms with Gasteiger partial charge >= 0.3 is 0 Å². The van der Waals surface area contributed by atoms with Crippen LogP contribution in [0.2, 0.25) is 5.02 Å². The van der Waals surface area contributed by atoms with Crippen LogP contribution < -0.4 is 10.6 Å². The Hall–Kier alpha value is -3.25. The predicted octanol–water partition coefficient (Wildman–Crippen LogP) is 5.12. The first-order chi connectivity index (χ1) is 12.9. The second kappa shape index (κ2) is 7.97.